The monoisotopic (exact) mass is 487 g/mol. The van der Waals surface area contributed by atoms with Crippen LogP contribution in [0.5, 0.6) is 5.75 Å². The van der Waals surface area contributed by atoms with Crippen LogP contribution in [0.1, 0.15) is 28.8 Å². The van der Waals surface area contributed by atoms with E-state index in [0.717, 1.165) is 15.9 Å². The van der Waals surface area contributed by atoms with Gasteiger partial charge in [0.1, 0.15) is 5.75 Å². The first-order chi connectivity index (χ1) is 14.5. The van der Waals surface area contributed by atoms with Gasteiger partial charge in [0.25, 0.3) is 5.91 Å². The van der Waals surface area contributed by atoms with Crippen molar-refractivity contribution in [1.29, 1.82) is 0 Å². The predicted molar refractivity (Wildman–Crippen MR) is 119 cm³/mol. The number of benzene rings is 2. The minimum absolute atomic E-state index is 0.0520. The number of ether oxygens (including phenoxy) is 1. The van der Waals surface area contributed by atoms with Crippen molar-refractivity contribution in [2.24, 2.45) is 0 Å². The van der Waals surface area contributed by atoms with Crippen LogP contribution in [-0.4, -0.2) is 45.2 Å². The van der Waals surface area contributed by atoms with Gasteiger partial charge in [0, 0.05) is 25.5 Å². The zero-order chi connectivity index (χ0) is 23.2. The number of nitrogens with one attached hydrogen (secondary N) is 2. The van der Waals surface area contributed by atoms with Gasteiger partial charge in [-0.05, 0) is 55.3 Å². The van der Waals surface area contributed by atoms with Gasteiger partial charge in [0.2, 0.25) is 15.9 Å². The number of sulfonamides is 1. The highest BCUT2D eigenvalue weighted by Crippen LogP contribution is 2.23. The molecule has 11 heteroatoms. The van der Waals surface area contributed by atoms with Crippen LogP contribution < -0.4 is 15.6 Å². The average molecular weight is 488 g/mol. The van der Waals surface area contributed by atoms with Crippen LogP contribution in [0.4, 0.5) is 0 Å². The molecule has 2 aromatic rings. The fourth-order valence-corrected chi connectivity index (χ4v) is 3.85. The Morgan fingerprint density at radius 1 is 1.06 bits per heavy atom. The molecule has 0 aliphatic heterocycles. The summed E-state index contributed by atoms with van der Waals surface area (Å²) in [6.07, 6.45) is 0.525. The Morgan fingerprint density at radius 3 is 2.42 bits per heavy atom. The summed E-state index contributed by atoms with van der Waals surface area (Å²) in [4.78, 5) is 24.2. The van der Waals surface area contributed by atoms with E-state index in [4.69, 9.17) is 27.9 Å². The summed E-state index contributed by atoms with van der Waals surface area (Å²) in [6.45, 7) is 2.17. The molecule has 0 unspecified atom stereocenters. The minimum Gasteiger partial charge on any atom is -0.493 e. The van der Waals surface area contributed by atoms with Crippen molar-refractivity contribution >= 4 is 45.0 Å². The highest BCUT2D eigenvalue weighted by atomic mass is 35.5. The molecule has 2 amide bonds. The fourth-order valence-electron chi connectivity index (χ4n) is 2.50. The molecule has 0 aliphatic rings. The van der Waals surface area contributed by atoms with E-state index >= 15 is 0 Å². The predicted octanol–water partition coefficient (Wildman–Crippen LogP) is 3.17. The summed E-state index contributed by atoms with van der Waals surface area (Å²) in [5.74, 6) is -0.486. The topological polar surface area (TPSA) is 105 Å². The van der Waals surface area contributed by atoms with Gasteiger partial charge < -0.3 is 4.74 Å². The quantitative estimate of drug-likeness (QED) is 0.439. The van der Waals surface area contributed by atoms with Crippen LogP contribution >= 0.6 is 23.2 Å². The van der Waals surface area contributed by atoms with Crippen molar-refractivity contribution in [3.63, 3.8) is 0 Å². The smallest absolute Gasteiger partial charge is 0.271 e. The summed E-state index contributed by atoms with van der Waals surface area (Å²) >= 11 is 11.9. The molecule has 0 spiro atoms. The molecule has 0 saturated heterocycles. The number of carbonyl (C=O) groups is 2. The Morgan fingerprint density at radius 2 is 1.77 bits per heavy atom. The highest BCUT2D eigenvalue weighted by molar-refractivity contribution is 7.89. The maximum atomic E-state index is 12.3. The normalized spacial score (nSPS) is 11.3. The summed E-state index contributed by atoms with van der Waals surface area (Å²) in [5, 5.41) is 0.668. The molecule has 168 valence electrons. The first-order valence-corrected chi connectivity index (χ1v) is 11.4. The number of hydrogen-bond donors (Lipinski definition) is 2. The Kier molecular flexibility index (Phi) is 8.69. The Labute approximate surface area is 191 Å². The maximum Gasteiger partial charge on any atom is 0.271 e. The van der Waals surface area contributed by atoms with Crippen molar-refractivity contribution in [2.45, 2.75) is 24.7 Å². The van der Waals surface area contributed by atoms with Crippen LogP contribution in [0.25, 0.3) is 0 Å². The first kappa shape index (κ1) is 24.9. The van der Waals surface area contributed by atoms with Gasteiger partial charge in [-0.2, -0.15) is 0 Å². The van der Waals surface area contributed by atoms with E-state index in [2.05, 4.69) is 10.9 Å². The third kappa shape index (κ3) is 6.83. The van der Waals surface area contributed by atoms with Gasteiger partial charge in [-0.3, -0.25) is 20.4 Å². The molecular formula is C20H23Cl2N3O5S. The zero-order valence-electron chi connectivity index (χ0n) is 17.2. The lowest BCUT2D eigenvalue weighted by Crippen LogP contribution is -2.41. The molecule has 0 fully saturated rings. The van der Waals surface area contributed by atoms with E-state index in [0.29, 0.717) is 23.8 Å². The van der Waals surface area contributed by atoms with E-state index in [1.807, 2.05) is 6.92 Å². The van der Waals surface area contributed by atoms with Crippen molar-refractivity contribution in [1.82, 2.24) is 15.2 Å². The molecule has 2 aromatic carbocycles. The van der Waals surface area contributed by atoms with Crippen molar-refractivity contribution in [3.8, 4) is 5.75 Å². The number of amides is 2. The number of halogens is 2. The van der Waals surface area contributed by atoms with E-state index in [1.54, 1.807) is 18.2 Å². The van der Waals surface area contributed by atoms with Crippen LogP contribution in [0.3, 0.4) is 0 Å². The lowest BCUT2D eigenvalue weighted by Gasteiger charge is -2.13. The Balaban J connectivity index is 1.86. The second-order valence-electron chi connectivity index (χ2n) is 6.79. The molecule has 0 radical (unpaired) electrons. The minimum atomic E-state index is -3.74. The maximum absolute atomic E-state index is 12.3. The molecule has 0 saturated carbocycles. The zero-order valence-corrected chi connectivity index (χ0v) is 19.6. The van der Waals surface area contributed by atoms with Gasteiger partial charge in [0.05, 0.1) is 22.1 Å². The van der Waals surface area contributed by atoms with Crippen LogP contribution in [0, 0.1) is 6.92 Å². The molecule has 31 heavy (non-hydrogen) atoms. The third-order valence-corrected chi connectivity index (χ3v) is 6.59. The van der Waals surface area contributed by atoms with E-state index in [9.17, 15) is 18.0 Å². The molecule has 0 atom stereocenters. The van der Waals surface area contributed by atoms with E-state index < -0.39 is 21.8 Å². The number of carbonyl (C=O) groups excluding carboxylic acids is 2. The number of nitrogens with zero attached hydrogens (tertiary/aromatic N) is 1. The average Bonchev–Trinajstić information content (AvgIpc) is 2.70. The van der Waals surface area contributed by atoms with E-state index in [1.165, 1.54) is 26.2 Å². The van der Waals surface area contributed by atoms with Crippen molar-refractivity contribution in [3.05, 3.63) is 57.6 Å². The molecular weight excluding hydrogens is 465 g/mol. The Bertz CT molecular complexity index is 1070. The number of rotatable bonds is 8. The summed E-state index contributed by atoms with van der Waals surface area (Å²) < 4.78 is 31.1. The van der Waals surface area contributed by atoms with Crippen molar-refractivity contribution < 1.29 is 22.7 Å². The summed E-state index contributed by atoms with van der Waals surface area (Å²) in [5.41, 5.74) is 5.32. The van der Waals surface area contributed by atoms with Gasteiger partial charge in [-0.15, -0.1) is 0 Å². The van der Waals surface area contributed by atoms with Crippen molar-refractivity contribution in [2.75, 3.05) is 20.7 Å². The molecule has 0 aromatic heterocycles. The molecule has 2 rings (SSSR count). The molecule has 0 bridgehead atoms. The standard InChI is InChI=1S/C20H23Cl2N3O5S/c1-13-11-14(21)6-9-18(13)30-10-4-5-19(26)23-24-20(27)16-12-15(7-8-17(16)22)31(28,29)25(2)3/h6-9,11-12H,4-5,10H2,1-3H3,(H,23,26)(H,24,27). The van der Waals surface area contributed by atoms with Gasteiger partial charge in [-0.25, -0.2) is 12.7 Å². The summed E-state index contributed by atoms with van der Waals surface area (Å²) in [6, 6.07) is 9.02. The van der Waals surface area contributed by atoms with Gasteiger partial charge >= 0.3 is 0 Å². The van der Waals surface area contributed by atoms with Gasteiger partial charge in [-0.1, -0.05) is 23.2 Å². The fraction of sp³-hybridized carbons (Fsp3) is 0.300. The van der Waals surface area contributed by atoms with Gasteiger partial charge in [0.15, 0.2) is 0 Å². The van der Waals surface area contributed by atoms with Crippen LogP contribution in [0.15, 0.2) is 41.3 Å². The highest BCUT2D eigenvalue weighted by Gasteiger charge is 2.21. The molecule has 8 nitrogen and oxygen atoms in total. The van der Waals surface area contributed by atoms with Crippen LogP contribution in [-0.2, 0) is 14.8 Å². The van der Waals surface area contributed by atoms with Crippen LogP contribution in [0.2, 0.25) is 10.0 Å². The second-order valence-corrected chi connectivity index (χ2v) is 9.79. The first-order valence-electron chi connectivity index (χ1n) is 9.22. The largest absolute Gasteiger partial charge is 0.493 e. The third-order valence-electron chi connectivity index (χ3n) is 4.22. The lowest BCUT2D eigenvalue weighted by molar-refractivity contribution is -0.122. The molecule has 0 aliphatic carbocycles. The SMILES string of the molecule is Cc1cc(Cl)ccc1OCCCC(=O)NNC(=O)c1cc(S(=O)(=O)N(C)C)ccc1Cl. The lowest BCUT2D eigenvalue weighted by atomic mass is 10.2. The summed E-state index contributed by atoms with van der Waals surface area (Å²) in [7, 11) is -0.985. The number of aryl methyl sites for hydroxylation is 1. The second kappa shape index (κ2) is 10.8. The number of hydrazine groups is 1. The van der Waals surface area contributed by atoms with E-state index in [-0.39, 0.29) is 21.9 Å². The Hall–Kier alpha value is -2.33. The molecule has 2 N–H and O–H groups in total. The number of hydrogen-bond acceptors (Lipinski definition) is 5. The molecule has 0 heterocycles.